The van der Waals surface area contributed by atoms with Crippen LogP contribution in [0.2, 0.25) is 10.0 Å². The van der Waals surface area contributed by atoms with Gasteiger partial charge in [0.25, 0.3) is 0 Å². The molecule has 0 aliphatic carbocycles. The molecule has 4 nitrogen and oxygen atoms in total. The van der Waals surface area contributed by atoms with Gasteiger partial charge in [-0.2, -0.15) is 0 Å². The number of benzene rings is 3. The van der Waals surface area contributed by atoms with Gasteiger partial charge in [-0.1, -0.05) is 68.2 Å². The first-order chi connectivity index (χ1) is 18.1. The maximum Gasteiger partial charge on any atom is 0.242 e. The van der Waals surface area contributed by atoms with E-state index in [0.29, 0.717) is 12.1 Å². The molecule has 1 aliphatic rings. The maximum atomic E-state index is 15.7. The van der Waals surface area contributed by atoms with Crippen LogP contribution in [0.3, 0.4) is 0 Å². The van der Waals surface area contributed by atoms with Crippen LogP contribution >= 0.6 is 23.2 Å². The van der Waals surface area contributed by atoms with E-state index in [-0.39, 0.29) is 26.6 Å². The molecule has 208 valence electrons. The van der Waals surface area contributed by atoms with Crippen LogP contribution in [0, 0.1) is 37.8 Å². The number of rotatable bonds is 5. The summed E-state index contributed by atoms with van der Waals surface area (Å²) in [4.78, 5) is 14.0. The molecule has 8 heteroatoms. The smallest absolute Gasteiger partial charge is 0.242 e. The zero-order valence-corrected chi connectivity index (χ0v) is 24.6. The number of carbonyl (C=O) groups excluding carboxylic acids is 1. The van der Waals surface area contributed by atoms with Gasteiger partial charge in [0.2, 0.25) is 5.91 Å². The van der Waals surface area contributed by atoms with E-state index in [9.17, 15) is 4.79 Å². The summed E-state index contributed by atoms with van der Waals surface area (Å²) in [5, 5.41) is 6.53. The molecule has 1 aliphatic heterocycles. The van der Waals surface area contributed by atoms with E-state index in [2.05, 4.69) is 10.6 Å². The average Bonchev–Trinajstić information content (AvgIpc) is 3.10. The van der Waals surface area contributed by atoms with E-state index in [1.165, 1.54) is 18.2 Å². The van der Waals surface area contributed by atoms with Crippen LogP contribution in [0.5, 0.6) is 0 Å². The quantitative estimate of drug-likeness (QED) is 0.295. The van der Waals surface area contributed by atoms with Gasteiger partial charge in [0, 0.05) is 28.2 Å². The van der Waals surface area contributed by atoms with Crippen molar-refractivity contribution in [2.45, 2.75) is 71.5 Å². The fourth-order valence-corrected chi connectivity index (χ4v) is 6.05. The van der Waals surface area contributed by atoms with E-state index in [0.717, 1.165) is 16.7 Å². The van der Waals surface area contributed by atoms with Gasteiger partial charge in [0.15, 0.2) is 0 Å². The fourth-order valence-electron chi connectivity index (χ4n) is 5.71. The van der Waals surface area contributed by atoms with Gasteiger partial charge in [-0.15, -0.1) is 0 Å². The molecule has 4 atom stereocenters. The third-order valence-corrected chi connectivity index (χ3v) is 8.24. The number of hydrogen-bond acceptors (Lipinski definition) is 3. The zero-order valence-electron chi connectivity index (χ0n) is 23.1. The highest BCUT2D eigenvalue weighted by Crippen LogP contribution is 2.50. The molecule has 4 rings (SSSR count). The van der Waals surface area contributed by atoms with Gasteiger partial charge in [-0.3, -0.25) is 4.79 Å². The third-order valence-electron chi connectivity index (χ3n) is 7.72. The number of halogens is 4. The molecule has 3 aromatic rings. The van der Waals surface area contributed by atoms with Crippen LogP contribution in [0.15, 0.2) is 48.5 Å². The van der Waals surface area contributed by atoms with Crippen molar-refractivity contribution in [1.82, 2.24) is 5.32 Å². The number of amides is 1. The van der Waals surface area contributed by atoms with Crippen molar-refractivity contribution >= 4 is 34.8 Å². The normalized spacial score (nSPS) is 23.2. The Labute approximate surface area is 239 Å². The molecule has 39 heavy (non-hydrogen) atoms. The van der Waals surface area contributed by atoms with E-state index in [4.69, 9.17) is 28.9 Å². The van der Waals surface area contributed by atoms with Crippen molar-refractivity contribution in [3.8, 4) is 0 Å². The Kier molecular flexibility index (Phi) is 8.17. The second kappa shape index (κ2) is 10.8. The van der Waals surface area contributed by atoms with Gasteiger partial charge in [0.05, 0.1) is 16.6 Å². The summed E-state index contributed by atoms with van der Waals surface area (Å²) in [5.41, 5.74) is 9.42. The monoisotopic (exact) mass is 573 g/mol. The van der Waals surface area contributed by atoms with Crippen molar-refractivity contribution in [2.24, 2.45) is 11.1 Å². The van der Waals surface area contributed by atoms with Crippen molar-refractivity contribution in [2.75, 3.05) is 5.32 Å². The van der Waals surface area contributed by atoms with Gasteiger partial charge in [-0.05, 0) is 79.1 Å². The Morgan fingerprint density at radius 1 is 1.03 bits per heavy atom. The van der Waals surface area contributed by atoms with Crippen molar-refractivity contribution in [3.63, 3.8) is 0 Å². The lowest BCUT2D eigenvalue weighted by molar-refractivity contribution is -0.118. The highest BCUT2D eigenvalue weighted by atomic mass is 35.5. The topological polar surface area (TPSA) is 67.2 Å². The minimum Gasteiger partial charge on any atom is -0.324 e. The Bertz CT molecular complexity index is 1420. The van der Waals surface area contributed by atoms with Gasteiger partial charge >= 0.3 is 0 Å². The summed E-state index contributed by atoms with van der Waals surface area (Å²) in [6.07, 6.45) is 0.483. The first kappa shape index (κ1) is 29.5. The van der Waals surface area contributed by atoms with Crippen LogP contribution in [0.25, 0.3) is 0 Å². The number of hydrogen-bond donors (Lipinski definition) is 3. The molecule has 4 N–H and O–H groups in total. The lowest BCUT2D eigenvalue weighted by atomic mass is 9.68. The predicted octanol–water partition coefficient (Wildman–Crippen LogP) is 7.55. The number of nitrogens with one attached hydrogen (secondary N) is 2. The van der Waals surface area contributed by atoms with Crippen LogP contribution in [-0.2, 0) is 10.3 Å². The summed E-state index contributed by atoms with van der Waals surface area (Å²) in [7, 11) is 0. The zero-order chi connectivity index (χ0) is 28.9. The van der Waals surface area contributed by atoms with Crippen LogP contribution < -0.4 is 16.4 Å². The van der Waals surface area contributed by atoms with Crippen molar-refractivity contribution in [1.29, 1.82) is 0 Å². The van der Waals surface area contributed by atoms with E-state index in [1.54, 1.807) is 18.2 Å². The summed E-state index contributed by atoms with van der Waals surface area (Å²) < 4.78 is 31.3. The SMILES string of the molecule is Cc1cc(C)c(NC(=O)C2NC(CC(C)(C)C)C(N)(c3ccc(Cl)cc3F)C2c2cccc(Cl)c2F)cc1C. The van der Waals surface area contributed by atoms with Gasteiger partial charge < -0.3 is 16.4 Å². The highest BCUT2D eigenvalue weighted by Gasteiger charge is 2.58. The molecule has 3 aromatic carbocycles. The fraction of sp³-hybridized carbons (Fsp3) is 0.387. The summed E-state index contributed by atoms with van der Waals surface area (Å²) >= 11 is 12.3. The lowest BCUT2D eigenvalue weighted by Crippen LogP contribution is -2.52. The summed E-state index contributed by atoms with van der Waals surface area (Å²) in [6.45, 7) is 12.0. The average molecular weight is 575 g/mol. The number of nitrogens with two attached hydrogens (primary N) is 1. The Hall–Kier alpha value is -2.51. The third kappa shape index (κ3) is 5.71. The molecule has 1 heterocycles. The maximum absolute atomic E-state index is 15.7. The molecule has 0 radical (unpaired) electrons. The summed E-state index contributed by atoms with van der Waals surface area (Å²) in [6, 6.07) is 11.2. The Morgan fingerprint density at radius 3 is 2.33 bits per heavy atom. The molecule has 1 saturated heterocycles. The van der Waals surface area contributed by atoms with Gasteiger partial charge in [0.1, 0.15) is 11.6 Å². The highest BCUT2D eigenvalue weighted by molar-refractivity contribution is 6.31. The first-order valence-electron chi connectivity index (χ1n) is 13.0. The van der Waals surface area contributed by atoms with Crippen molar-refractivity contribution < 1.29 is 13.6 Å². The van der Waals surface area contributed by atoms with Crippen LogP contribution in [0.4, 0.5) is 14.5 Å². The van der Waals surface area contributed by atoms with Crippen LogP contribution in [-0.4, -0.2) is 18.0 Å². The predicted molar refractivity (Wildman–Crippen MR) is 155 cm³/mol. The Morgan fingerprint density at radius 2 is 1.69 bits per heavy atom. The van der Waals surface area contributed by atoms with Crippen molar-refractivity contribution in [3.05, 3.63) is 98.0 Å². The van der Waals surface area contributed by atoms with E-state index < -0.39 is 41.1 Å². The van der Waals surface area contributed by atoms with Crippen LogP contribution in [0.1, 0.15) is 60.9 Å². The minimum atomic E-state index is -1.52. The molecule has 0 spiro atoms. The second-order valence-corrected chi connectivity index (χ2v) is 12.7. The summed E-state index contributed by atoms with van der Waals surface area (Å²) in [5.74, 6) is -2.70. The largest absolute Gasteiger partial charge is 0.324 e. The molecular formula is C31H35Cl2F2N3O. The standard InChI is InChI=1S/C31H35Cl2F2N3O/c1-16-12-18(3)24(13-17(16)2)37-29(39)28-26(20-8-7-9-22(33)27(20)35)31(36,25(38-28)15-30(4,5)6)21-11-10-19(32)14-23(21)34/h7-14,25-26,28,38H,15,36H2,1-6H3,(H,37,39). The Balaban J connectivity index is 1.92. The second-order valence-electron chi connectivity index (χ2n) is 11.9. The molecular weight excluding hydrogens is 539 g/mol. The molecule has 0 bridgehead atoms. The minimum absolute atomic E-state index is 0.102. The van der Waals surface area contributed by atoms with Gasteiger partial charge in [-0.25, -0.2) is 8.78 Å². The molecule has 4 unspecified atom stereocenters. The van der Waals surface area contributed by atoms with E-state index in [1.807, 2.05) is 53.7 Å². The number of aryl methyl sites for hydroxylation is 3. The molecule has 1 amide bonds. The number of anilines is 1. The first-order valence-corrected chi connectivity index (χ1v) is 13.7. The molecule has 0 aromatic heterocycles. The lowest BCUT2D eigenvalue weighted by Gasteiger charge is -2.40. The number of carbonyl (C=O) groups is 1. The molecule has 0 saturated carbocycles. The van der Waals surface area contributed by atoms with E-state index >= 15 is 8.78 Å². The molecule has 1 fully saturated rings.